The van der Waals surface area contributed by atoms with Crippen LogP contribution < -0.4 is 0 Å². The summed E-state index contributed by atoms with van der Waals surface area (Å²) in [6.07, 6.45) is 78.1. The van der Waals surface area contributed by atoms with E-state index in [-0.39, 0.29) is 26.1 Å². The average molecular weight is 1050 g/mol. The maximum atomic E-state index is 12.8. The van der Waals surface area contributed by atoms with Crippen molar-refractivity contribution in [3.63, 3.8) is 0 Å². The Bertz CT molecular complexity index is 1710. The lowest BCUT2D eigenvalue weighted by Gasteiger charge is -2.24. The van der Waals surface area contributed by atoms with Gasteiger partial charge in [-0.2, -0.15) is 0 Å². The van der Waals surface area contributed by atoms with Gasteiger partial charge < -0.3 is 18.9 Å². The van der Waals surface area contributed by atoms with Gasteiger partial charge in [0, 0.05) is 12.8 Å². The van der Waals surface area contributed by atoms with Gasteiger partial charge in [-0.05, 0) is 109 Å². The molecule has 0 aromatic rings. The third-order valence-electron chi connectivity index (χ3n) is 11.7. The highest BCUT2D eigenvalue weighted by Crippen LogP contribution is 2.43. The Kier molecular flexibility index (Phi) is 51.2. The van der Waals surface area contributed by atoms with E-state index in [9.17, 15) is 19.0 Å². The summed E-state index contributed by atoms with van der Waals surface area (Å²) in [7, 11) is 1.44. The third-order valence-corrected chi connectivity index (χ3v) is 12.7. The largest absolute Gasteiger partial charge is 0.472 e. The quantitative estimate of drug-likeness (QED) is 0.0211. The van der Waals surface area contributed by atoms with Crippen molar-refractivity contribution in [2.75, 3.05) is 47.5 Å². The van der Waals surface area contributed by atoms with Gasteiger partial charge in [0.15, 0.2) is 6.10 Å². The van der Waals surface area contributed by atoms with Gasteiger partial charge in [-0.3, -0.25) is 18.6 Å². The molecule has 0 bridgehead atoms. The Morgan fingerprint density at radius 2 is 0.730 bits per heavy atom. The van der Waals surface area contributed by atoms with E-state index in [0.717, 1.165) is 109 Å². The van der Waals surface area contributed by atoms with Crippen molar-refractivity contribution in [1.82, 2.24) is 0 Å². The number of carbonyl (C=O) groups is 2. The number of phosphoric ester groups is 1. The second-order valence-corrected chi connectivity index (χ2v) is 21.4. The highest BCUT2D eigenvalue weighted by Gasteiger charge is 2.27. The lowest BCUT2D eigenvalue weighted by atomic mass is 10.0. The van der Waals surface area contributed by atoms with E-state index in [2.05, 4.69) is 148 Å². The van der Waals surface area contributed by atoms with Gasteiger partial charge in [0.25, 0.3) is 0 Å². The summed E-state index contributed by atoms with van der Waals surface area (Å²) in [6, 6.07) is 0. The van der Waals surface area contributed by atoms with Crippen molar-refractivity contribution in [2.45, 2.75) is 213 Å². The Morgan fingerprint density at radius 3 is 1.09 bits per heavy atom. The molecule has 0 aliphatic carbocycles. The van der Waals surface area contributed by atoms with E-state index in [0.29, 0.717) is 23.9 Å². The Morgan fingerprint density at radius 1 is 0.419 bits per heavy atom. The second-order valence-electron chi connectivity index (χ2n) is 19.9. The zero-order valence-electron chi connectivity index (χ0n) is 47.5. The van der Waals surface area contributed by atoms with Crippen LogP contribution in [0.3, 0.4) is 0 Å². The topological polar surface area (TPSA) is 108 Å². The summed E-state index contributed by atoms with van der Waals surface area (Å²) < 4.78 is 34.5. The van der Waals surface area contributed by atoms with E-state index >= 15 is 0 Å². The molecule has 10 heteroatoms. The first-order valence-corrected chi connectivity index (χ1v) is 30.4. The van der Waals surface area contributed by atoms with Crippen LogP contribution in [0.4, 0.5) is 0 Å². The van der Waals surface area contributed by atoms with E-state index in [1.807, 2.05) is 21.1 Å². The van der Waals surface area contributed by atoms with Crippen LogP contribution in [-0.4, -0.2) is 74.9 Å². The number of allylic oxidation sites excluding steroid dienone is 22. The number of likely N-dealkylation sites (N-methyl/N-ethyl adjacent to an activating group) is 1. The maximum absolute atomic E-state index is 12.8. The van der Waals surface area contributed by atoms with Crippen LogP contribution in [0.25, 0.3) is 0 Å². The molecule has 74 heavy (non-hydrogen) atoms. The molecule has 0 fully saturated rings. The van der Waals surface area contributed by atoms with Gasteiger partial charge in [-0.15, -0.1) is 0 Å². The zero-order valence-corrected chi connectivity index (χ0v) is 48.4. The highest BCUT2D eigenvalue weighted by atomic mass is 31.2. The summed E-state index contributed by atoms with van der Waals surface area (Å²) in [6.45, 7) is 4.15. The first-order chi connectivity index (χ1) is 36.0. The van der Waals surface area contributed by atoms with Crippen molar-refractivity contribution < 1.29 is 42.1 Å². The lowest BCUT2D eigenvalue weighted by molar-refractivity contribution is -0.870. The average Bonchev–Trinajstić information content (AvgIpc) is 3.36. The molecule has 2 unspecified atom stereocenters. The predicted octanol–water partition coefficient (Wildman–Crippen LogP) is 18.1. The van der Waals surface area contributed by atoms with Crippen molar-refractivity contribution in [3.8, 4) is 0 Å². The van der Waals surface area contributed by atoms with Crippen LogP contribution in [0.15, 0.2) is 134 Å². The van der Waals surface area contributed by atoms with Crippen molar-refractivity contribution in [2.24, 2.45) is 0 Å². The van der Waals surface area contributed by atoms with Crippen LogP contribution >= 0.6 is 7.82 Å². The number of ether oxygens (including phenoxy) is 2. The minimum absolute atomic E-state index is 0.0185. The van der Waals surface area contributed by atoms with Gasteiger partial charge in [-0.25, -0.2) is 4.57 Å². The summed E-state index contributed by atoms with van der Waals surface area (Å²) in [5.41, 5.74) is 0. The van der Waals surface area contributed by atoms with Gasteiger partial charge in [0.2, 0.25) is 0 Å². The Balaban J connectivity index is 4.22. The van der Waals surface area contributed by atoms with E-state index in [4.69, 9.17) is 18.5 Å². The summed E-state index contributed by atoms with van der Waals surface area (Å²) in [5, 5.41) is 0. The van der Waals surface area contributed by atoms with Crippen molar-refractivity contribution >= 4 is 19.8 Å². The molecule has 1 N–H and O–H groups in total. The monoisotopic (exact) mass is 1050 g/mol. The molecule has 420 valence electrons. The van der Waals surface area contributed by atoms with Gasteiger partial charge in [0.05, 0.1) is 27.7 Å². The lowest BCUT2D eigenvalue weighted by Crippen LogP contribution is -2.37. The van der Waals surface area contributed by atoms with Gasteiger partial charge >= 0.3 is 19.8 Å². The fourth-order valence-electron chi connectivity index (χ4n) is 7.28. The minimum Gasteiger partial charge on any atom is -0.462 e. The highest BCUT2D eigenvalue weighted by molar-refractivity contribution is 7.47. The molecule has 0 heterocycles. The molecule has 9 nitrogen and oxygen atoms in total. The normalized spacial score (nSPS) is 14.3. The third kappa shape index (κ3) is 57.4. The standard InChI is InChI=1S/C64H106NO8P/c1-6-8-10-12-14-16-18-20-22-24-26-27-28-29-30-31-32-33-34-35-36-37-39-41-43-45-47-49-51-53-55-57-64(67)73-62(61-72-74(68,69)71-59-58-65(3,4)5)60-70-63(66)56-54-52-50-48-46-44-42-40-38-25-23-21-19-17-15-13-11-9-7-2/h8-11,14-17,20-23,26-27,29-30,32-33,38,40,44,46,62H,6-7,12-13,18-19,24-25,28,31,34-37,39,41-43,45,47-61H2,1-5H3/p+1/b10-8-,11-9-,16-14-,17-15-,22-20-,23-21-,27-26-,30-29-,33-32-,40-38-,46-44-. The summed E-state index contributed by atoms with van der Waals surface area (Å²) in [4.78, 5) is 35.7. The number of quaternary nitrogens is 1. The van der Waals surface area contributed by atoms with E-state index < -0.39 is 32.5 Å². The number of hydrogen-bond donors (Lipinski definition) is 1. The summed E-state index contributed by atoms with van der Waals surface area (Å²) in [5.74, 6) is -0.847. The maximum Gasteiger partial charge on any atom is 0.472 e. The van der Waals surface area contributed by atoms with E-state index in [1.54, 1.807) is 0 Å². The first kappa shape index (κ1) is 70.1. The molecule has 0 amide bonds. The molecule has 0 spiro atoms. The van der Waals surface area contributed by atoms with Crippen molar-refractivity contribution in [1.29, 1.82) is 0 Å². The number of nitrogens with zero attached hydrogens (tertiary/aromatic N) is 1. The molecular weight excluding hydrogens is 942 g/mol. The van der Waals surface area contributed by atoms with Crippen LogP contribution in [-0.2, 0) is 32.7 Å². The van der Waals surface area contributed by atoms with Gasteiger partial charge in [-0.1, -0.05) is 218 Å². The number of hydrogen-bond acceptors (Lipinski definition) is 7. The predicted molar refractivity (Wildman–Crippen MR) is 316 cm³/mol. The molecule has 2 atom stereocenters. The molecule has 0 aromatic carbocycles. The molecule has 0 saturated heterocycles. The van der Waals surface area contributed by atoms with Crippen LogP contribution in [0.1, 0.15) is 206 Å². The molecule has 0 saturated carbocycles. The fraction of sp³-hybridized carbons (Fsp3) is 0.625. The van der Waals surface area contributed by atoms with E-state index in [1.165, 1.54) is 57.8 Å². The van der Waals surface area contributed by atoms with Crippen LogP contribution in [0.5, 0.6) is 0 Å². The molecule has 0 radical (unpaired) electrons. The SMILES string of the molecule is CC/C=C\C/C=C\C/C=C\C/C=C\C/C=C\C/C=C\CCCCCCCCCCCCCCC(=O)OC(COC(=O)CCCCC/C=C\C/C=C\C/C=C\C/C=C\C/C=C\CC)COP(=O)(O)OCC[N+](C)(C)C. The summed E-state index contributed by atoms with van der Waals surface area (Å²) >= 11 is 0. The number of unbranched alkanes of at least 4 members (excludes halogenated alkanes) is 15. The van der Waals surface area contributed by atoms with Crippen LogP contribution in [0, 0.1) is 0 Å². The zero-order chi connectivity index (χ0) is 54.2. The molecule has 0 rings (SSSR count). The molecule has 0 aliphatic rings. The number of phosphoric acid groups is 1. The smallest absolute Gasteiger partial charge is 0.462 e. The number of carbonyl (C=O) groups excluding carboxylic acids is 2. The Hall–Kier alpha value is -3.85. The second kappa shape index (κ2) is 54.0. The van der Waals surface area contributed by atoms with Crippen molar-refractivity contribution in [3.05, 3.63) is 134 Å². The molecule has 0 aromatic heterocycles. The van der Waals surface area contributed by atoms with Gasteiger partial charge in [0.1, 0.15) is 19.8 Å². The number of esters is 2. The molecular formula is C64H107NO8P+. The Labute approximate surface area is 453 Å². The molecule has 0 aliphatic heterocycles. The minimum atomic E-state index is -4.40. The first-order valence-electron chi connectivity index (χ1n) is 28.9. The number of rotatable bonds is 51. The fourth-order valence-corrected chi connectivity index (χ4v) is 8.02. The van der Waals surface area contributed by atoms with Crippen LogP contribution in [0.2, 0.25) is 0 Å².